The van der Waals surface area contributed by atoms with E-state index in [-0.39, 0.29) is 5.56 Å². The first-order chi connectivity index (χ1) is 17.1. The first kappa shape index (κ1) is 22.8. The van der Waals surface area contributed by atoms with Gasteiger partial charge in [-0.1, -0.05) is 18.2 Å². The second-order valence-electron chi connectivity index (χ2n) is 8.52. The van der Waals surface area contributed by atoms with Crippen molar-refractivity contribution < 1.29 is 4.74 Å². The molecular weight excluding hydrogens is 442 g/mol. The normalized spacial score (nSPS) is 13.8. The molecule has 0 amide bonds. The number of rotatable bonds is 7. The topological polar surface area (TPSA) is 103 Å². The van der Waals surface area contributed by atoms with E-state index >= 15 is 0 Å². The largest absolute Gasteiger partial charge is 0.378 e. The van der Waals surface area contributed by atoms with Crippen LogP contribution in [0.2, 0.25) is 0 Å². The number of aromatic nitrogens is 4. The molecule has 1 fully saturated rings. The molecule has 1 aliphatic heterocycles. The number of morpholine rings is 1. The molecule has 4 aromatic rings. The number of hydrogen-bond donors (Lipinski definition) is 2. The van der Waals surface area contributed by atoms with E-state index in [1.165, 1.54) is 5.69 Å². The van der Waals surface area contributed by atoms with Crippen LogP contribution in [0.5, 0.6) is 0 Å². The van der Waals surface area contributed by atoms with Crippen molar-refractivity contribution in [2.45, 2.75) is 20.0 Å². The Morgan fingerprint density at radius 3 is 2.77 bits per heavy atom. The summed E-state index contributed by atoms with van der Waals surface area (Å²) in [5, 5.41) is 3.74. The van der Waals surface area contributed by atoms with Gasteiger partial charge in [-0.05, 0) is 48.4 Å². The van der Waals surface area contributed by atoms with Crippen molar-refractivity contribution in [1.29, 1.82) is 0 Å². The molecule has 35 heavy (non-hydrogen) atoms. The second kappa shape index (κ2) is 9.73. The zero-order chi connectivity index (χ0) is 24.4. The van der Waals surface area contributed by atoms with Crippen molar-refractivity contribution in [1.82, 2.24) is 19.3 Å². The number of fused-ring (bicyclic) bond motifs is 1. The van der Waals surface area contributed by atoms with Gasteiger partial charge >= 0.3 is 0 Å². The molecule has 9 heteroatoms. The Labute approximate surface area is 203 Å². The minimum Gasteiger partial charge on any atom is -0.378 e. The van der Waals surface area contributed by atoms with Crippen LogP contribution in [0.25, 0.3) is 16.7 Å². The van der Waals surface area contributed by atoms with E-state index in [1.54, 1.807) is 21.6 Å². The van der Waals surface area contributed by atoms with Crippen LogP contribution in [0.3, 0.4) is 0 Å². The number of allylic oxidation sites excluding steroid dienone is 1. The van der Waals surface area contributed by atoms with Crippen LogP contribution < -0.4 is 21.5 Å². The summed E-state index contributed by atoms with van der Waals surface area (Å²) in [6.07, 6.45) is 3.26. The van der Waals surface area contributed by atoms with E-state index in [2.05, 4.69) is 40.8 Å². The molecule has 9 nitrogen and oxygen atoms in total. The Kier molecular flexibility index (Phi) is 6.35. The molecule has 1 aliphatic rings. The Hall–Kier alpha value is -3.95. The SMILES string of the molecule is C=CCn1c(=O)c2cnc(Nc3ccc(N4CCOCC4)c(C)c3)nc2n1-c1cccc(CN)c1. The lowest BCUT2D eigenvalue weighted by atomic mass is 10.1. The molecular formula is C26H29N7O2. The quantitative estimate of drug-likeness (QED) is 0.399. The van der Waals surface area contributed by atoms with E-state index < -0.39 is 0 Å². The maximum Gasteiger partial charge on any atom is 0.278 e. The van der Waals surface area contributed by atoms with Crippen LogP contribution in [0, 0.1) is 6.92 Å². The lowest BCUT2D eigenvalue weighted by Gasteiger charge is -2.30. The highest BCUT2D eigenvalue weighted by Gasteiger charge is 2.18. The number of nitrogens with one attached hydrogen (secondary N) is 1. The molecule has 0 bridgehead atoms. The van der Waals surface area contributed by atoms with E-state index in [4.69, 9.17) is 15.5 Å². The van der Waals surface area contributed by atoms with Crippen LogP contribution in [0.1, 0.15) is 11.1 Å². The number of anilines is 3. The molecule has 0 atom stereocenters. The van der Waals surface area contributed by atoms with Gasteiger partial charge in [0.25, 0.3) is 5.56 Å². The predicted molar refractivity (Wildman–Crippen MR) is 139 cm³/mol. The van der Waals surface area contributed by atoms with Gasteiger partial charge < -0.3 is 20.7 Å². The standard InChI is InChI=1S/C26H29N7O2/c1-3-9-32-25(34)22-17-28-26(30-24(22)33(32)21-6-4-5-19(15-21)16-27)29-20-7-8-23(18(2)14-20)31-10-12-35-13-11-31/h3-8,14-15,17H,1,9-13,16,27H2,2H3,(H,28,29,30). The van der Waals surface area contributed by atoms with Crippen LogP contribution in [0.4, 0.5) is 17.3 Å². The summed E-state index contributed by atoms with van der Waals surface area (Å²) in [7, 11) is 0. The Morgan fingerprint density at radius 1 is 1.20 bits per heavy atom. The lowest BCUT2D eigenvalue weighted by Crippen LogP contribution is -2.36. The fourth-order valence-electron chi connectivity index (χ4n) is 4.47. The molecule has 0 aliphatic carbocycles. The minimum atomic E-state index is -0.171. The van der Waals surface area contributed by atoms with E-state index in [0.717, 1.165) is 48.8 Å². The average Bonchev–Trinajstić information content (AvgIpc) is 3.15. The molecule has 180 valence electrons. The summed E-state index contributed by atoms with van der Waals surface area (Å²) >= 11 is 0. The summed E-state index contributed by atoms with van der Waals surface area (Å²) in [5.74, 6) is 0.413. The molecule has 0 radical (unpaired) electrons. The Morgan fingerprint density at radius 2 is 2.03 bits per heavy atom. The van der Waals surface area contributed by atoms with E-state index in [0.29, 0.717) is 30.1 Å². The van der Waals surface area contributed by atoms with Crippen LogP contribution in [-0.2, 0) is 17.8 Å². The van der Waals surface area contributed by atoms with Crippen molar-refractivity contribution in [3.63, 3.8) is 0 Å². The summed E-state index contributed by atoms with van der Waals surface area (Å²) < 4.78 is 8.88. The summed E-state index contributed by atoms with van der Waals surface area (Å²) in [6, 6.07) is 14.0. The third-order valence-corrected chi connectivity index (χ3v) is 6.17. The lowest BCUT2D eigenvalue weighted by molar-refractivity contribution is 0.122. The first-order valence-electron chi connectivity index (χ1n) is 11.7. The highest BCUT2D eigenvalue weighted by atomic mass is 16.5. The van der Waals surface area contributed by atoms with Gasteiger partial charge in [-0.25, -0.2) is 14.3 Å². The van der Waals surface area contributed by atoms with E-state index in [9.17, 15) is 4.79 Å². The number of hydrogen-bond acceptors (Lipinski definition) is 7. The van der Waals surface area contributed by atoms with Crippen molar-refractivity contribution in [3.8, 4) is 5.69 Å². The van der Waals surface area contributed by atoms with Gasteiger partial charge in [-0.2, -0.15) is 4.98 Å². The van der Waals surface area contributed by atoms with E-state index in [1.807, 2.05) is 30.3 Å². The summed E-state index contributed by atoms with van der Waals surface area (Å²) in [5.41, 5.74) is 11.2. The van der Waals surface area contributed by atoms with Gasteiger partial charge in [-0.15, -0.1) is 6.58 Å². The van der Waals surface area contributed by atoms with Gasteiger partial charge in [0.1, 0.15) is 5.39 Å². The molecule has 2 aromatic heterocycles. The van der Waals surface area contributed by atoms with Gasteiger partial charge in [0.05, 0.1) is 25.4 Å². The number of ether oxygens (including phenoxy) is 1. The second-order valence-corrected chi connectivity index (χ2v) is 8.52. The van der Waals surface area contributed by atoms with Gasteiger partial charge in [0.2, 0.25) is 5.95 Å². The highest BCUT2D eigenvalue weighted by Crippen LogP contribution is 2.26. The predicted octanol–water partition coefficient (Wildman–Crippen LogP) is 3.12. The van der Waals surface area contributed by atoms with Crippen LogP contribution >= 0.6 is 0 Å². The molecule has 0 unspecified atom stereocenters. The maximum atomic E-state index is 13.1. The van der Waals surface area contributed by atoms with Gasteiger partial charge in [0, 0.05) is 37.2 Å². The van der Waals surface area contributed by atoms with Crippen LogP contribution in [0.15, 0.2) is 66.1 Å². The fraction of sp³-hybridized carbons (Fsp3) is 0.269. The van der Waals surface area contributed by atoms with Crippen molar-refractivity contribution in [3.05, 3.63) is 82.8 Å². The fourth-order valence-corrected chi connectivity index (χ4v) is 4.47. The number of nitrogens with zero attached hydrogens (tertiary/aromatic N) is 5. The Balaban J connectivity index is 1.53. The molecule has 2 aromatic carbocycles. The van der Waals surface area contributed by atoms with Gasteiger partial charge in [0.15, 0.2) is 5.65 Å². The molecule has 0 spiro atoms. The zero-order valence-electron chi connectivity index (χ0n) is 19.8. The molecule has 1 saturated heterocycles. The third kappa shape index (κ3) is 4.43. The van der Waals surface area contributed by atoms with Gasteiger partial charge in [-0.3, -0.25) is 4.79 Å². The zero-order valence-corrected chi connectivity index (χ0v) is 19.8. The smallest absolute Gasteiger partial charge is 0.278 e. The minimum absolute atomic E-state index is 0.171. The van der Waals surface area contributed by atoms with Crippen molar-refractivity contribution >= 4 is 28.4 Å². The number of nitrogens with two attached hydrogens (primary N) is 1. The van der Waals surface area contributed by atoms with Crippen molar-refractivity contribution in [2.75, 3.05) is 36.5 Å². The number of benzene rings is 2. The first-order valence-corrected chi connectivity index (χ1v) is 11.7. The third-order valence-electron chi connectivity index (χ3n) is 6.17. The number of aryl methyl sites for hydroxylation is 1. The molecule has 5 rings (SSSR count). The Bertz CT molecular complexity index is 1430. The average molecular weight is 472 g/mol. The molecule has 3 heterocycles. The summed E-state index contributed by atoms with van der Waals surface area (Å²) in [4.78, 5) is 24.6. The maximum absolute atomic E-state index is 13.1. The molecule has 3 N–H and O–H groups in total. The van der Waals surface area contributed by atoms with Crippen LogP contribution in [-0.4, -0.2) is 45.6 Å². The molecule has 0 saturated carbocycles. The van der Waals surface area contributed by atoms with Crippen molar-refractivity contribution in [2.24, 2.45) is 5.73 Å². The highest BCUT2D eigenvalue weighted by molar-refractivity contribution is 5.77. The summed E-state index contributed by atoms with van der Waals surface area (Å²) in [6.45, 7) is 9.91. The monoisotopic (exact) mass is 471 g/mol.